The first kappa shape index (κ1) is 19.9. The molecule has 0 fully saturated rings. The van der Waals surface area contributed by atoms with Crippen LogP contribution in [0.2, 0.25) is 0 Å². The lowest BCUT2D eigenvalue weighted by Gasteiger charge is -2.28. The van der Waals surface area contributed by atoms with E-state index < -0.39 is 15.9 Å². The molecule has 1 amide bonds. The lowest BCUT2D eigenvalue weighted by Crippen LogP contribution is -2.40. The third-order valence-corrected chi connectivity index (χ3v) is 6.08. The first-order valence-corrected chi connectivity index (χ1v) is 11.2. The zero-order valence-corrected chi connectivity index (χ0v) is 17.3. The van der Waals surface area contributed by atoms with Crippen LogP contribution in [-0.4, -0.2) is 44.4 Å². The number of anilines is 2. The first-order chi connectivity index (χ1) is 14.4. The van der Waals surface area contributed by atoms with Crippen LogP contribution in [0.1, 0.15) is 5.56 Å². The minimum atomic E-state index is -3.55. The van der Waals surface area contributed by atoms with Crippen molar-refractivity contribution in [2.45, 2.75) is 6.54 Å². The maximum Gasteiger partial charge on any atom is 0.259 e. The SMILES string of the molecule is CN(Cc1ccccc1)c1ccc(NC(=O)C2=CC=CN3CCS(=O)(=O)N=C23)cc1. The Bertz CT molecular complexity index is 1140. The van der Waals surface area contributed by atoms with Crippen LogP contribution in [-0.2, 0) is 21.4 Å². The number of amidine groups is 1. The van der Waals surface area contributed by atoms with E-state index in [1.165, 1.54) is 5.56 Å². The molecule has 0 aromatic heterocycles. The summed E-state index contributed by atoms with van der Waals surface area (Å²) in [5, 5.41) is 2.83. The van der Waals surface area contributed by atoms with Crippen LogP contribution in [0.5, 0.6) is 0 Å². The molecule has 7 nitrogen and oxygen atoms in total. The van der Waals surface area contributed by atoms with Gasteiger partial charge in [0.05, 0.1) is 11.3 Å². The smallest absolute Gasteiger partial charge is 0.259 e. The van der Waals surface area contributed by atoms with E-state index in [0.29, 0.717) is 5.69 Å². The van der Waals surface area contributed by atoms with Gasteiger partial charge in [-0.25, -0.2) is 8.42 Å². The van der Waals surface area contributed by atoms with Gasteiger partial charge in [-0.2, -0.15) is 0 Å². The summed E-state index contributed by atoms with van der Waals surface area (Å²) >= 11 is 0. The molecular formula is C22H22N4O3S. The summed E-state index contributed by atoms with van der Waals surface area (Å²) in [5.74, 6) is -0.292. The standard InChI is InChI=1S/C22H22N4O3S/c1-25(16-17-6-3-2-4-7-17)19-11-9-18(10-12-19)23-22(27)20-8-5-13-26-14-15-30(28,29)24-21(20)26/h2-13H,14-16H2,1H3,(H,23,27). The number of nitrogens with one attached hydrogen (secondary N) is 1. The summed E-state index contributed by atoms with van der Waals surface area (Å²) in [6.45, 7) is 1.06. The Balaban J connectivity index is 1.45. The molecule has 0 aliphatic carbocycles. The van der Waals surface area contributed by atoms with E-state index in [9.17, 15) is 13.2 Å². The Morgan fingerprint density at radius 2 is 1.87 bits per heavy atom. The summed E-state index contributed by atoms with van der Waals surface area (Å²) in [6, 6.07) is 17.7. The third kappa shape index (κ3) is 4.44. The second kappa shape index (κ2) is 8.16. The number of sulfonamides is 1. The molecule has 4 rings (SSSR count). The van der Waals surface area contributed by atoms with E-state index in [1.54, 1.807) is 23.3 Å². The fraction of sp³-hybridized carbons (Fsp3) is 0.182. The minimum Gasteiger partial charge on any atom is -0.370 e. The maximum atomic E-state index is 12.8. The highest BCUT2D eigenvalue weighted by Gasteiger charge is 2.29. The van der Waals surface area contributed by atoms with Gasteiger partial charge in [0.15, 0.2) is 5.84 Å². The Morgan fingerprint density at radius 3 is 2.60 bits per heavy atom. The van der Waals surface area contributed by atoms with E-state index in [-0.39, 0.29) is 23.7 Å². The number of hydrogen-bond donors (Lipinski definition) is 1. The van der Waals surface area contributed by atoms with Gasteiger partial charge in [0, 0.05) is 37.7 Å². The molecule has 154 valence electrons. The fourth-order valence-corrected chi connectivity index (χ4v) is 4.33. The largest absolute Gasteiger partial charge is 0.370 e. The molecule has 0 bridgehead atoms. The average molecular weight is 423 g/mol. The molecule has 0 saturated heterocycles. The zero-order chi connectivity index (χ0) is 21.1. The molecule has 30 heavy (non-hydrogen) atoms. The molecule has 2 heterocycles. The predicted molar refractivity (Wildman–Crippen MR) is 119 cm³/mol. The normalized spacial score (nSPS) is 16.9. The van der Waals surface area contributed by atoms with Crippen molar-refractivity contribution in [2.75, 3.05) is 29.6 Å². The molecule has 2 aromatic carbocycles. The van der Waals surface area contributed by atoms with Crippen molar-refractivity contribution in [3.63, 3.8) is 0 Å². The lowest BCUT2D eigenvalue weighted by molar-refractivity contribution is -0.112. The molecule has 2 aliphatic heterocycles. The number of benzene rings is 2. The van der Waals surface area contributed by atoms with Gasteiger partial charge in [-0.05, 0) is 42.0 Å². The molecule has 2 aromatic rings. The molecule has 1 N–H and O–H groups in total. The van der Waals surface area contributed by atoms with Gasteiger partial charge in [-0.1, -0.05) is 30.3 Å². The molecular weight excluding hydrogens is 400 g/mol. The summed E-state index contributed by atoms with van der Waals surface area (Å²) < 4.78 is 27.5. The minimum absolute atomic E-state index is 0.0618. The van der Waals surface area contributed by atoms with Gasteiger partial charge < -0.3 is 15.1 Å². The number of carbonyl (C=O) groups excluding carboxylic acids is 1. The van der Waals surface area contributed by atoms with Crippen molar-refractivity contribution >= 4 is 33.1 Å². The van der Waals surface area contributed by atoms with E-state index >= 15 is 0 Å². The van der Waals surface area contributed by atoms with Gasteiger partial charge >= 0.3 is 0 Å². The average Bonchev–Trinajstić information content (AvgIpc) is 2.74. The number of amides is 1. The molecule has 0 atom stereocenters. The third-order valence-electron chi connectivity index (χ3n) is 4.93. The van der Waals surface area contributed by atoms with Crippen LogP contribution in [0, 0.1) is 0 Å². The van der Waals surface area contributed by atoms with Crippen molar-refractivity contribution < 1.29 is 13.2 Å². The summed E-state index contributed by atoms with van der Waals surface area (Å²) in [6.07, 6.45) is 5.02. The van der Waals surface area contributed by atoms with Crippen LogP contribution in [0.3, 0.4) is 0 Å². The molecule has 0 spiro atoms. The number of carbonyl (C=O) groups is 1. The maximum absolute atomic E-state index is 12.8. The van der Waals surface area contributed by atoms with Crippen LogP contribution in [0.4, 0.5) is 11.4 Å². The van der Waals surface area contributed by atoms with Crippen molar-refractivity contribution in [3.8, 4) is 0 Å². The monoisotopic (exact) mass is 422 g/mol. The van der Waals surface area contributed by atoms with Crippen LogP contribution in [0.25, 0.3) is 0 Å². The number of hydrogen-bond acceptors (Lipinski definition) is 5. The van der Waals surface area contributed by atoms with E-state index in [1.807, 2.05) is 49.5 Å². The van der Waals surface area contributed by atoms with Crippen molar-refractivity contribution in [3.05, 3.63) is 84.1 Å². The molecule has 0 saturated carbocycles. The molecule has 2 aliphatic rings. The fourth-order valence-electron chi connectivity index (χ4n) is 3.34. The van der Waals surface area contributed by atoms with E-state index in [2.05, 4.69) is 26.7 Å². The van der Waals surface area contributed by atoms with Gasteiger partial charge in [-0.3, -0.25) is 4.79 Å². The Kier molecular flexibility index (Phi) is 5.41. The van der Waals surface area contributed by atoms with Crippen molar-refractivity contribution in [1.82, 2.24) is 4.90 Å². The van der Waals surface area contributed by atoms with Gasteiger partial charge in [-0.15, -0.1) is 4.40 Å². The summed E-state index contributed by atoms with van der Waals surface area (Å²) in [5.41, 5.74) is 3.08. The Hall–Kier alpha value is -3.39. The quantitative estimate of drug-likeness (QED) is 0.801. The number of rotatable bonds is 5. The van der Waals surface area contributed by atoms with E-state index in [0.717, 1.165) is 12.2 Å². The predicted octanol–water partition coefficient (Wildman–Crippen LogP) is 2.76. The van der Waals surface area contributed by atoms with Crippen LogP contribution in [0.15, 0.2) is 82.9 Å². The first-order valence-electron chi connectivity index (χ1n) is 9.56. The molecule has 8 heteroatoms. The zero-order valence-electron chi connectivity index (χ0n) is 16.5. The lowest BCUT2D eigenvalue weighted by atomic mass is 10.1. The highest BCUT2D eigenvalue weighted by atomic mass is 32.2. The van der Waals surface area contributed by atoms with Crippen LogP contribution >= 0.6 is 0 Å². The van der Waals surface area contributed by atoms with Crippen molar-refractivity contribution in [2.24, 2.45) is 4.40 Å². The number of fused-ring (bicyclic) bond motifs is 1. The topological polar surface area (TPSA) is 82.1 Å². The second-order valence-corrected chi connectivity index (χ2v) is 8.91. The van der Waals surface area contributed by atoms with Gasteiger partial charge in [0.25, 0.3) is 15.9 Å². The second-order valence-electron chi connectivity index (χ2n) is 7.16. The van der Waals surface area contributed by atoms with Gasteiger partial charge in [0.2, 0.25) is 0 Å². The Morgan fingerprint density at radius 1 is 1.13 bits per heavy atom. The van der Waals surface area contributed by atoms with E-state index in [4.69, 9.17) is 0 Å². The number of allylic oxidation sites excluding steroid dienone is 2. The highest BCUT2D eigenvalue weighted by molar-refractivity contribution is 7.90. The summed E-state index contributed by atoms with van der Waals surface area (Å²) in [4.78, 5) is 16.6. The Labute approximate surface area is 176 Å². The molecule has 0 unspecified atom stereocenters. The highest BCUT2D eigenvalue weighted by Crippen LogP contribution is 2.22. The molecule has 0 radical (unpaired) electrons. The van der Waals surface area contributed by atoms with Gasteiger partial charge in [0.1, 0.15) is 0 Å². The number of nitrogens with zero attached hydrogens (tertiary/aromatic N) is 3. The van der Waals surface area contributed by atoms with Crippen molar-refractivity contribution in [1.29, 1.82) is 0 Å². The summed E-state index contributed by atoms with van der Waals surface area (Å²) in [7, 11) is -1.54. The van der Waals surface area contributed by atoms with Crippen LogP contribution < -0.4 is 10.2 Å².